The van der Waals surface area contributed by atoms with E-state index in [9.17, 15) is 22.4 Å². The minimum Gasteiger partial charge on any atom is -0.464 e. The summed E-state index contributed by atoms with van der Waals surface area (Å²) < 4.78 is 57.6. The third-order valence-electron chi connectivity index (χ3n) is 5.79. The van der Waals surface area contributed by atoms with Crippen molar-refractivity contribution in [2.45, 2.75) is 37.8 Å². The maximum atomic E-state index is 14.1. The van der Waals surface area contributed by atoms with Gasteiger partial charge in [0.15, 0.2) is 0 Å². The molecule has 3 nitrogen and oxygen atoms in total. The van der Waals surface area contributed by atoms with Gasteiger partial charge in [-0.1, -0.05) is 30.7 Å². The first-order chi connectivity index (χ1) is 14.8. The van der Waals surface area contributed by atoms with E-state index >= 15 is 0 Å². The van der Waals surface area contributed by atoms with Gasteiger partial charge in [-0.3, -0.25) is 4.79 Å². The van der Waals surface area contributed by atoms with E-state index in [0.29, 0.717) is 18.9 Å². The average Bonchev–Trinajstić information content (AvgIpc) is 3.29. The molecule has 3 aromatic rings. The van der Waals surface area contributed by atoms with Crippen molar-refractivity contribution in [3.63, 3.8) is 0 Å². The van der Waals surface area contributed by atoms with E-state index in [1.165, 1.54) is 0 Å². The number of carbonyl (C=O) groups is 1. The van der Waals surface area contributed by atoms with Crippen LogP contribution in [0.2, 0.25) is 0 Å². The number of amides is 1. The summed E-state index contributed by atoms with van der Waals surface area (Å²) in [4.78, 5) is 12.7. The Labute approximate surface area is 177 Å². The molecule has 1 aliphatic carbocycles. The summed E-state index contributed by atoms with van der Waals surface area (Å²) in [5.41, 5.74) is 0.770. The van der Waals surface area contributed by atoms with E-state index in [2.05, 4.69) is 5.32 Å². The minimum atomic E-state index is -4.63. The summed E-state index contributed by atoms with van der Waals surface area (Å²) >= 11 is 0. The largest absolute Gasteiger partial charge is 0.464 e. The molecule has 1 aliphatic rings. The van der Waals surface area contributed by atoms with Gasteiger partial charge in [0.25, 0.3) is 0 Å². The van der Waals surface area contributed by atoms with E-state index < -0.39 is 17.6 Å². The van der Waals surface area contributed by atoms with Gasteiger partial charge in [-0.15, -0.1) is 0 Å². The Balaban J connectivity index is 1.42. The van der Waals surface area contributed by atoms with Crippen LogP contribution in [0.15, 0.2) is 65.3 Å². The molecule has 1 saturated carbocycles. The second kappa shape index (κ2) is 8.57. The number of carbonyl (C=O) groups excluding carboxylic acids is 1. The fraction of sp³-hybridized carbons (Fsp3) is 0.292. The van der Waals surface area contributed by atoms with Crippen LogP contribution >= 0.6 is 0 Å². The predicted octanol–water partition coefficient (Wildman–Crippen LogP) is 7.02. The Kier molecular flexibility index (Phi) is 5.85. The van der Waals surface area contributed by atoms with Crippen LogP contribution in [0.5, 0.6) is 0 Å². The van der Waals surface area contributed by atoms with Crippen molar-refractivity contribution in [1.82, 2.24) is 0 Å². The number of furan rings is 1. The lowest BCUT2D eigenvalue weighted by Crippen LogP contribution is -2.28. The molecular formula is C24H21F4NO2. The van der Waals surface area contributed by atoms with E-state index in [4.69, 9.17) is 4.42 Å². The molecule has 0 radical (unpaired) electrons. The predicted molar refractivity (Wildman–Crippen MR) is 109 cm³/mol. The van der Waals surface area contributed by atoms with Gasteiger partial charge in [-0.2, -0.15) is 13.2 Å². The smallest absolute Gasteiger partial charge is 0.416 e. The zero-order chi connectivity index (χ0) is 22.0. The highest BCUT2D eigenvalue weighted by atomic mass is 19.4. The molecule has 31 heavy (non-hydrogen) atoms. The van der Waals surface area contributed by atoms with Crippen LogP contribution in [0, 0.1) is 11.7 Å². The number of halogens is 4. The van der Waals surface area contributed by atoms with E-state index in [1.807, 2.05) is 36.4 Å². The molecule has 1 N–H and O–H groups in total. The quantitative estimate of drug-likeness (QED) is 0.451. The molecule has 1 fully saturated rings. The SMILES string of the molecule is O=C(Nc1ccc(C(F)(F)F)cc1F)C1CCCC(c2ccc(-c3ccco3)cc2)C1. The highest BCUT2D eigenvalue weighted by molar-refractivity contribution is 5.92. The topological polar surface area (TPSA) is 42.2 Å². The van der Waals surface area contributed by atoms with Crippen LogP contribution in [0.1, 0.15) is 42.7 Å². The molecule has 0 bridgehead atoms. The fourth-order valence-corrected chi connectivity index (χ4v) is 4.12. The molecule has 0 spiro atoms. The number of alkyl halides is 3. The molecule has 1 heterocycles. The number of hydrogen-bond donors (Lipinski definition) is 1. The standard InChI is InChI=1S/C24H21F4NO2/c25-20-14-19(24(26,27)28)10-11-21(20)29-23(30)18-4-1-3-17(13-18)15-6-8-16(9-7-15)22-5-2-12-31-22/h2,5-12,14,17-18H,1,3-4,13H2,(H,29,30). The van der Waals surface area contributed by atoms with Gasteiger partial charge in [0, 0.05) is 11.5 Å². The number of nitrogens with one attached hydrogen (secondary N) is 1. The lowest BCUT2D eigenvalue weighted by Gasteiger charge is -2.29. The summed E-state index contributed by atoms with van der Waals surface area (Å²) in [6.07, 6.45) is 0.0412. The molecule has 2 atom stereocenters. The first-order valence-electron chi connectivity index (χ1n) is 10.1. The molecule has 4 rings (SSSR count). The van der Waals surface area contributed by atoms with Crippen molar-refractivity contribution >= 4 is 11.6 Å². The highest BCUT2D eigenvalue weighted by Crippen LogP contribution is 2.38. The molecule has 0 saturated heterocycles. The van der Waals surface area contributed by atoms with Crippen molar-refractivity contribution in [3.8, 4) is 11.3 Å². The van der Waals surface area contributed by atoms with E-state index in [-0.39, 0.29) is 23.4 Å². The summed E-state index contributed by atoms with van der Waals surface area (Å²) in [6, 6.07) is 13.9. The van der Waals surface area contributed by atoms with Crippen LogP contribution in [-0.2, 0) is 11.0 Å². The maximum Gasteiger partial charge on any atom is 0.416 e. The second-order valence-electron chi connectivity index (χ2n) is 7.84. The van der Waals surface area contributed by atoms with Crippen molar-refractivity contribution in [1.29, 1.82) is 0 Å². The van der Waals surface area contributed by atoms with Crippen molar-refractivity contribution in [3.05, 3.63) is 77.8 Å². The summed E-state index contributed by atoms with van der Waals surface area (Å²) in [6.45, 7) is 0. The van der Waals surface area contributed by atoms with Gasteiger partial charge in [0.05, 0.1) is 17.5 Å². The monoisotopic (exact) mass is 431 g/mol. The third kappa shape index (κ3) is 4.81. The van der Waals surface area contributed by atoms with Gasteiger partial charge >= 0.3 is 6.18 Å². The van der Waals surface area contributed by atoms with Crippen LogP contribution in [0.4, 0.5) is 23.2 Å². The van der Waals surface area contributed by atoms with E-state index in [1.54, 1.807) is 6.26 Å². The van der Waals surface area contributed by atoms with Crippen molar-refractivity contribution in [2.24, 2.45) is 5.92 Å². The van der Waals surface area contributed by atoms with Crippen LogP contribution in [0.3, 0.4) is 0 Å². The zero-order valence-corrected chi connectivity index (χ0v) is 16.6. The van der Waals surface area contributed by atoms with Gasteiger partial charge in [-0.05, 0) is 61.1 Å². The van der Waals surface area contributed by atoms with Crippen molar-refractivity contribution in [2.75, 3.05) is 5.32 Å². The molecule has 2 unspecified atom stereocenters. The molecule has 162 valence electrons. The molecule has 7 heteroatoms. The van der Waals surface area contributed by atoms with Gasteiger partial charge < -0.3 is 9.73 Å². The van der Waals surface area contributed by atoms with Crippen LogP contribution in [0.25, 0.3) is 11.3 Å². The number of rotatable bonds is 4. The Morgan fingerprint density at radius 3 is 2.45 bits per heavy atom. The van der Waals surface area contributed by atoms with Gasteiger partial charge in [0.2, 0.25) is 5.91 Å². The van der Waals surface area contributed by atoms with E-state index in [0.717, 1.165) is 41.9 Å². The summed E-state index contributed by atoms with van der Waals surface area (Å²) in [5.74, 6) is -0.816. The van der Waals surface area contributed by atoms with Crippen molar-refractivity contribution < 1.29 is 26.8 Å². The van der Waals surface area contributed by atoms with Gasteiger partial charge in [-0.25, -0.2) is 4.39 Å². The minimum absolute atomic E-state index is 0.188. The maximum absolute atomic E-state index is 14.1. The summed E-state index contributed by atoms with van der Waals surface area (Å²) in [5, 5.41) is 2.46. The lowest BCUT2D eigenvalue weighted by molar-refractivity contribution is -0.137. The Hall–Kier alpha value is -3.09. The Bertz CT molecular complexity index is 1040. The second-order valence-corrected chi connectivity index (χ2v) is 7.84. The highest BCUT2D eigenvalue weighted by Gasteiger charge is 2.32. The zero-order valence-electron chi connectivity index (χ0n) is 16.6. The van der Waals surface area contributed by atoms with Crippen LogP contribution < -0.4 is 5.32 Å². The normalized spacial score (nSPS) is 19.2. The molecule has 1 aromatic heterocycles. The van der Waals surface area contributed by atoms with Crippen LogP contribution in [-0.4, -0.2) is 5.91 Å². The average molecular weight is 431 g/mol. The molecule has 2 aromatic carbocycles. The molecular weight excluding hydrogens is 410 g/mol. The van der Waals surface area contributed by atoms with Gasteiger partial charge in [0.1, 0.15) is 11.6 Å². The number of hydrogen-bond acceptors (Lipinski definition) is 2. The molecule has 0 aliphatic heterocycles. The summed E-state index contributed by atoms with van der Waals surface area (Å²) in [7, 11) is 0. The molecule has 1 amide bonds. The fourth-order valence-electron chi connectivity index (χ4n) is 4.12. The first-order valence-corrected chi connectivity index (χ1v) is 10.1. The third-order valence-corrected chi connectivity index (χ3v) is 5.79. The number of benzene rings is 2. The Morgan fingerprint density at radius 1 is 1.03 bits per heavy atom. The lowest BCUT2D eigenvalue weighted by atomic mass is 9.77. The number of anilines is 1. The first kappa shape index (κ1) is 21.2. The Morgan fingerprint density at radius 2 is 1.81 bits per heavy atom.